The summed E-state index contributed by atoms with van der Waals surface area (Å²) >= 11 is 0. The highest BCUT2D eigenvalue weighted by molar-refractivity contribution is 5.90. The average Bonchev–Trinajstić information content (AvgIpc) is 2.37. The minimum absolute atomic E-state index is 0.0908. The Morgan fingerprint density at radius 3 is 2.55 bits per heavy atom. The zero-order chi connectivity index (χ0) is 15.3. The van der Waals surface area contributed by atoms with Gasteiger partial charge in [-0.3, -0.25) is 4.79 Å². The van der Waals surface area contributed by atoms with Crippen LogP contribution in [0.15, 0.2) is 18.2 Å². The molecule has 6 heteroatoms. The summed E-state index contributed by atoms with van der Waals surface area (Å²) in [6.45, 7) is 3.62. The highest BCUT2D eigenvalue weighted by Crippen LogP contribution is 2.22. The maximum absolute atomic E-state index is 11.7. The van der Waals surface area contributed by atoms with Crippen LogP contribution >= 0.6 is 0 Å². The summed E-state index contributed by atoms with van der Waals surface area (Å²) in [4.78, 5) is 24.3. The van der Waals surface area contributed by atoms with Gasteiger partial charge in [0.25, 0.3) is 0 Å². The van der Waals surface area contributed by atoms with Gasteiger partial charge in [-0.15, -0.1) is 0 Å². The van der Waals surface area contributed by atoms with Crippen molar-refractivity contribution in [3.05, 3.63) is 23.8 Å². The van der Waals surface area contributed by atoms with Gasteiger partial charge in [-0.2, -0.15) is 0 Å². The number of carboxylic acid groups (broad SMARTS) is 1. The highest BCUT2D eigenvalue weighted by atomic mass is 16.4. The predicted octanol–water partition coefficient (Wildman–Crippen LogP) is 1.90. The monoisotopic (exact) mass is 279 g/mol. The number of carbonyl (C=O) groups excluding carboxylic acids is 1. The molecule has 6 nitrogen and oxygen atoms in total. The molecule has 0 aliphatic rings. The quantitative estimate of drug-likeness (QED) is 0.769. The maximum Gasteiger partial charge on any atom is 0.319 e. The van der Waals surface area contributed by atoms with Crippen molar-refractivity contribution in [2.45, 2.75) is 13.8 Å². The van der Waals surface area contributed by atoms with Crippen LogP contribution in [0, 0.1) is 12.8 Å². The van der Waals surface area contributed by atoms with Crippen molar-refractivity contribution in [2.75, 3.05) is 30.9 Å². The number of carbonyl (C=O) groups is 2. The largest absolute Gasteiger partial charge is 0.481 e. The number of benzene rings is 1. The highest BCUT2D eigenvalue weighted by Gasteiger charge is 2.12. The average molecular weight is 279 g/mol. The standard InChI is InChI=1S/C14H21N3O3/c1-9-5-6-11(7-12(9)17(3)4)16-14(20)15-8-10(2)13(18)19/h5-7,10H,8H2,1-4H3,(H,18,19)(H2,15,16,20). The summed E-state index contributed by atoms with van der Waals surface area (Å²) in [6.07, 6.45) is 0. The molecule has 1 atom stereocenters. The van der Waals surface area contributed by atoms with Gasteiger partial charge in [0.1, 0.15) is 0 Å². The molecule has 0 aliphatic carbocycles. The molecule has 0 spiro atoms. The second-order valence-electron chi connectivity index (χ2n) is 4.97. The van der Waals surface area contributed by atoms with Crippen LogP contribution in [0.5, 0.6) is 0 Å². The molecule has 0 radical (unpaired) electrons. The minimum atomic E-state index is -0.935. The molecule has 0 heterocycles. The number of amides is 2. The van der Waals surface area contributed by atoms with Crippen molar-refractivity contribution >= 4 is 23.4 Å². The summed E-state index contributed by atoms with van der Waals surface area (Å²) in [7, 11) is 3.86. The molecule has 110 valence electrons. The number of anilines is 2. The number of hydrogen-bond acceptors (Lipinski definition) is 3. The maximum atomic E-state index is 11.7. The second kappa shape index (κ2) is 6.79. The van der Waals surface area contributed by atoms with Gasteiger partial charge in [0.05, 0.1) is 5.92 Å². The Labute approximate surface area is 118 Å². The first kappa shape index (κ1) is 15.8. The van der Waals surface area contributed by atoms with Gasteiger partial charge in [0.15, 0.2) is 0 Å². The lowest BCUT2D eigenvalue weighted by molar-refractivity contribution is -0.140. The van der Waals surface area contributed by atoms with E-state index in [0.29, 0.717) is 5.69 Å². The van der Waals surface area contributed by atoms with Crippen LogP contribution in [0.25, 0.3) is 0 Å². The molecule has 0 bridgehead atoms. The van der Waals surface area contributed by atoms with E-state index in [2.05, 4.69) is 10.6 Å². The van der Waals surface area contributed by atoms with Crippen LogP contribution in [0.1, 0.15) is 12.5 Å². The zero-order valence-electron chi connectivity index (χ0n) is 12.2. The number of aryl methyl sites for hydroxylation is 1. The van der Waals surface area contributed by atoms with E-state index in [0.717, 1.165) is 11.3 Å². The fraction of sp³-hybridized carbons (Fsp3) is 0.429. The Morgan fingerprint density at radius 2 is 2.00 bits per heavy atom. The summed E-state index contributed by atoms with van der Waals surface area (Å²) in [6, 6.07) is 5.19. The molecule has 0 aromatic heterocycles. The van der Waals surface area contributed by atoms with Crippen LogP contribution in [-0.4, -0.2) is 37.7 Å². The van der Waals surface area contributed by atoms with E-state index in [-0.39, 0.29) is 6.54 Å². The molecule has 20 heavy (non-hydrogen) atoms. The molecular weight excluding hydrogens is 258 g/mol. The van der Waals surface area contributed by atoms with Crippen molar-refractivity contribution in [1.82, 2.24) is 5.32 Å². The summed E-state index contributed by atoms with van der Waals surface area (Å²) in [5, 5.41) is 14.0. The first-order valence-corrected chi connectivity index (χ1v) is 6.37. The Hall–Kier alpha value is -2.24. The van der Waals surface area contributed by atoms with E-state index in [1.165, 1.54) is 0 Å². The second-order valence-corrected chi connectivity index (χ2v) is 4.97. The van der Waals surface area contributed by atoms with Gasteiger partial charge in [0, 0.05) is 32.0 Å². The van der Waals surface area contributed by atoms with Crippen LogP contribution in [0.3, 0.4) is 0 Å². The number of carboxylic acids is 1. The Balaban J connectivity index is 2.62. The van der Waals surface area contributed by atoms with Crippen molar-refractivity contribution in [1.29, 1.82) is 0 Å². The van der Waals surface area contributed by atoms with Crippen molar-refractivity contribution in [2.24, 2.45) is 5.92 Å². The number of nitrogens with one attached hydrogen (secondary N) is 2. The lowest BCUT2D eigenvalue weighted by Gasteiger charge is -2.17. The van der Waals surface area contributed by atoms with Crippen molar-refractivity contribution < 1.29 is 14.7 Å². The van der Waals surface area contributed by atoms with Gasteiger partial charge in [-0.05, 0) is 24.6 Å². The van der Waals surface area contributed by atoms with E-state index in [9.17, 15) is 9.59 Å². The smallest absolute Gasteiger partial charge is 0.319 e. The van der Waals surface area contributed by atoms with E-state index >= 15 is 0 Å². The molecule has 3 N–H and O–H groups in total. The van der Waals surface area contributed by atoms with Crippen LogP contribution in [0.2, 0.25) is 0 Å². The van der Waals surface area contributed by atoms with Crippen LogP contribution < -0.4 is 15.5 Å². The first-order valence-electron chi connectivity index (χ1n) is 6.37. The summed E-state index contributed by atoms with van der Waals surface area (Å²) in [5.41, 5.74) is 2.79. The minimum Gasteiger partial charge on any atom is -0.481 e. The normalized spacial score (nSPS) is 11.6. The lowest BCUT2D eigenvalue weighted by Crippen LogP contribution is -2.34. The third kappa shape index (κ3) is 4.46. The van der Waals surface area contributed by atoms with Gasteiger partial charge in [-0.25, -0.2) is 4.79 Å². The van der Waals surface area contributed by atoms with E-state index in [1.54, 1.807) is 6.92 Å². The van der Waals surface area contributed by atoms with E-state index in [1.807, 2.05) is 44.1 Å². The van der Waals surface area contributed by atoms with Gasteiger partial charge in [0.2, 0.25) is 0 Å². The predicted molar refractivity (Wildman–Crippen MR) is 79.3 cm³/mol. The molecule has 1 unspecified atom stereocenters. The molecule has 0 saturated carbocycles. The van der Waals surface area contributed by atoms with Crippen molar-refractivity contribution in [3.8, 4) is 0 Å². The van der Waals surface area contributed by atoms with Gasteiger partial charge >= 0.3 is 12.0 Å². The lowest BCUT2D eigenvalue weighted by atomic mass is 10.1. The number of hydrogen-bond donors (Lipinski definition) is 3. The number of nitrogens with zero attached hydrogens (tertiary/aromatic N) is 1. The van der Waals surface area contributed by atoms with E-state index in [4.69, 9.17) is 5.11 Å². The Kier molecular flexibility index (Phi) is 5.37. The first-order chi connectivity index (χ1) is 9.31. The van der Waals surface area contributed by atoms with Crippen LogP contribution in [0.4, 0.5) is 16.2 Å². The molecular formula is C14H21N3O3. The molecule has 1 rings (SSSR count). The van der Waals surface area contributed by atoms with E-state index < -0.39 is 17.9 Å². The van der Waals surface area contributed by atoms with Gasteiger partial charge < -0.3 is 20.6 Å². The molecule has 0 fully saturated rings. The number of urea groups is 1. The van der Waals surface area contributed by atoms with Crippen molar-refractivity contribution in [3.63, 3.8) is 0 Å². The topological polar surface area (TPSA) is 81.7 Å². The molecule has 0 saturated heterocycles. The molecule has 0 aliphatic heterocycles. The summed E-state index contributed by atoms with van der Waals surface area (Å²) < 4.78 is 0. The number of rotatable bonds is 5. The third-order valence-electron chi connectivity index (χ3n) is 2.94. The Bertz CT molecular complexity index is 500. The number of aliphatic carboxylic acids is 1. The fourth-order valence-corrected chi connectivity index (χ4v) is 1.68. The molecule has 1 aromatic rings. The third-order valence-corrected chi connectivity index (χ3v) is 2.94. The molecule has 2 amide bonds. The Morgan fingerprint density at radius 1 is 1.35 bits per heavy atom. The SMILES string of the molecule is Cc1ccc(NC(=O)NCC(C)C(=O)O)cc1N(C)C. The molecule has 1 aromatic carbocycles. The summed E-state index contributed by atoms with van der Waals surface area (Å²) in [5.74, 6) is -1.55. The zero-order valence-corrected chi connectivity index (χ0v) is 12.2. The van der Waals surface area contributed by atoms with Crippen LogP contribution in [-0.2, 0) is 4.79 Å². The fourth-order valence-electron chi connectivity index (χ4n) is 1.68. The van der Waals surface area contributed by atoms with Gasteiger partial charge in [-0.1, -0.05) is 13.0 Å².